The maximum absolute atomic E-state index is 12.7. The molecule has 3 aromatic rings. The lowest BCUT2D eigenvalue weighted by Gasteiger charge is -2.08. The Hall–Kier alpha value is -2.76. The third-order valence-corrected chi connectivity index (χ3v) is 4.02. The molecule has 0 aliphatic rings. The van der Waals surface area contributed by atoms with Crippen LogP contribution in [0.2, 0.25) is 0 Å². The third-order valence-electron chi connectivity index (χ3n) is 4.02. The Balaban J connectivity index is 1.81. The van der Waals surface area contributed by atoms with E-state index < -0.39 is 11.9 Å². The number of alkyl halides is 3. The maximum Gasteiger partial charge on any atom is 0.431 e. The monoisotopic (exact) mass is 346 g/mol. The zero-order valence-electron chi connectivity index (χ0n) is 13.7. The van der Waals surface area contributed by atoms with Crippen LogP contribution in [-0.4, -0.2) is 10.9 Å². The van der Waals surface area contributed by atoms with Gasteiger partial charge in [0.05, 0.1) is 0 Å². The number of amides is 1. The molecule has 130 valence electrons. The van der Waals surface area contributed by atoms with E-state index in [2.05, 4.69) is 24.1 Å². The molecule has 0 unspecified atom stereocenters. The number of H-pyrrole nitrogens is 1. The number of carbonyl (C=O) groups is 1. The van der Waals surface area contributed by atoms with Gasteiger partial charge in [0.25, 0.3) is 5.91 Å². The molecular formula is C19H17F3N2O. The van der Waals surface area contributed by atoms with Crippen molar-refractivity contribution in [3.8, 4) is 0 Å². The summed E-state index contributed by atoms with van der Waals surface area (Å²) in [7, 11) is 0. The van der Waals surface area contributed by atoms with E-state index in [1.165, 1.54) is 12.1 Å². The van der Waals surface area contributed by atoms with Gasteiger partial charge in [0.15, 0.2) is 0 Å². The SMILES string of the molecule is CC(C)c1ccc(C(=O)Nc2ccc3[nH]c(C(F)(F)F)cc3c2)cc1. The highest BCUT2D eigenvalue weighted by molar-refractivity contribution is 6.05. The first-order valence-electron chi connectivity index (χ1n) is 7.85. The van der Waals surface area contributed by atoms with Gasteiger partial charge in [-0.1, -0.05) is 26.0 Å². The average molecular weight is 346 g/mol. The van der Waals surface area contributed by atoms with Crippen LogP contribution in [0.15, 0.2) is 48.5 Å². The van der Waals surface area contributed by atoms with Gasteiger partial charge in [-0.2, -0.15) is 13.2 Å². The predicted octanol–water partition coefficient (Wildman–Crippen LogP) is 5.56. The molecule has 0 saturated carbocycles. The van der Waals surface area contributed by atoms with Crippen molar-refractivity contribution >= 4 is 22.5 Å². The van der Waals surface area contributed by atoms with Crippen molar-refractivity contribution in [3.05, 3.63) is 65.4 Å². The Morgan fingerprint density at radius 1 is 1.04 bits per heavy atom. The van der Waals surface area contributed by atoms with E-state index in [9.17, 15) is 18.0 Å². The Labute approximate surface area is 142 Å². The summed E-state index contributed by atoms with van der Waals surface area (Å²) in [5, 5.41) is 3.10. The van der Waals surface area contributed by atoms with E-state index in [1.54, 1.807) is 18.2 Å². The van der Waals surface area contributed by atoms with Crippen LogP contribution in [-0.2, 0) is 6.18 Å². The fraction of sp³-hybridized carbons (Fsp3) is 0.211. The number of anilines is 1. The fourth-order valence-corrected chi connectivity index (χ4v) is 2.59. The molecule has 2 N–H and O–H groups in total. The Morgan fingerprint density at radius 3 is 2.32 bits per heavy atom. The summed E-state index contributed by atoms with van der Waals surface area (Å²) in [6.45, 7) is 4.13. The number of halogens is 3. The minimum absolute atomic E-state index is 0.304. The van der Waals surface area contributed by atoms with Gasteiger partial charge < -0.3 is 10.3 Å². The van der Waals surface area contributed by atoms with E-state index in [-0.39, 0.29) is 5.91 Å². The minimum atomic E-state index is -4.43. The van der Waals surface area contributed by atoms with Crippen LogP contribution >= 0.6 is 0 Å². The predicted molar refractivity (Wildman–Crippen MR) is 91.8 cm³/mol. The molecule has 0 spiro atoms. The van der Waals surface area contributed by atoms with Gasteiger partial charge in [-0.3, -0.25) is 4.79 Å². The van der Waals surface area contributed by atoms with Crippen LogP contribution in [0.3, 0.4) is 0 Å². The van der Waals surface area contributed by atoms with Crippen LogP contribution in [0.5, 0.6) is 0 Å². The first kappa shape index (κ1) is 17.1. The normalized spacial score (nSPS) is 11.9. The number of hydrogen-bond donors (Lipinski definition) is 2. The lowest BCUT2D eigenvalue weighted by atomic mass is 10.0. The summed E-state index contributed by atoms with van der Waals surface area (Å²) in [4.78, 5) is 14.6. The van der Waals surface area contributed by atoms with Crippen molar-refractivity contribution in [2.75, 3.05) is 5.32 Å². The molecule has 1 heterocycles. The first-order chi connectivity index (χ1) is 11.7. The van der Waals surface area contributed by atoms with Gasteiger partial charge in [-0.15, -0.1) is 0 Å². The quantitative estimate of drug-likeness (QED) is 0.640. The third kappa shape index (κ3) is 3.68. The molecule has 0 aliphatic heterocycles. The van der Waals surface area contributed by atoms with Crippen LogP contribution in [0, 0.1) is 0 Å². The highest BCUT2D eigenvalue weighted by Crippen LogP contribution is 2.32. The summed E-state index contributed by atoms with van der Waals surface area (Å²) in [5.41, 5.74) is 1.62. The standard InChI is InChI=1S/C19H17F3N2O/c1-11(2)12-3-5-13(6-4-12)18(25)23-15-7-8-16-14(9-15)10-17(24-16)19(20,21)22/h3-11,24H,1-2H3,(H,23,25). The molecule has 25 heavy (non-hydrogen) atoms. The zero-order valence-corrected chi connectivity index (χ0v) is 13.7. The molecule has 1 aromatic heterocycles. The molecule has 3 rings (SSSR count). The molecule has 1 amide bonds. The van der Waals surface area contributed by atoms with Crippen molar-refractivity contribution < 1.29 is 18.0 Å². The van der Waals surface area contributed by atoms with Gasteiger partial charge in [0.2, 0.25) is 0 Å². The van der Waals surface area contributed by atoms with E-state index in [0.29, 0.717) is 28.1 Å². The second-order valence-corrected chi connectivity index (χ2v) is 6.21. The molecule has 0 radical (unpaired) electrons. The Bertz CT molecular complexity index is 909. The summed E-state index contributed by atoms with van der Waals surface area (Å²) in [5.74, 6) is 0.0668. The fourth-order valence-electron chi connectivity index (χ4n) is 2.59. The van der Waals surface area contributed by atoms with Gasteiger partial charge in [-0.05, 0) is 47.9 Å². The smallest absolute Gasteiger partial charge is 0.351 e. The molecule has 6 heteroatoms. The van der Waals surface area contributed by atoms with Crippen molar-refractivity contribution in [2.24, 2.45) is 0 Å². The Kier molecular flexibility index (Phi) is 4.29. The van der Waals surface area contributed by atoms with E-state index >= 15 is 0 Å². The number of rotatable bonds is 3. The summed E-state index contributed by atoms with van der Waals surface area (Å²) in [6.07, 6.45) is -4.43. The van der Waals surface area contributed by atoms with Crippen molar-refractivity contribution in [2.45, 2.75) is 25.9 Å². The lowest BCUT2D eigenvalue weighted by molar-refractivity contribution is -0.140. The van der Waals surface area contributed by atoms with Crippen molar-refractivity contribution in [3.63, 3.8) is 0 Å². The molecule has 0 atom stereocenters. The van der Waals surface area contributed by atoms with Crippen LogP contribution < -0.4 is 5.32 Å². The molecule has 3 nitrogen and oxygen atoms in total. The average Bonchev–Trinajstić information content (AvgIpc) is 2.98. The number of aromatic nitrogens is 1. The molecule has 0 fully saturated rings. The molecular weight excluding hydrogens is 329 g/mol. The Morgan fingerprint density at radius 2 is 1.72 bits per heavy atom. The molecule has 0 bridgehead atoms. The number of benzene rings is 2. The second kappa shape index (κ2) is 6.27. The second-order valence-electron chi connectivity index (χ2n) is 6.21. The van der Waals surface area contributed by atoms with Crippen LogP contribution in [0.25, 0.3) is 10.9 Å². The lowest BCUT2D eigenvalue weighted by Crippen LogP contribution is -2.11. The number of fused-ring (bicyclic) bond motifs is 1. The topological polar surface area (TPSA) is 44.9 Å². The maximum atomic E-state index is 12.7. The number of nitrogens with one attached hydrogen (secondary N) is 2. The van der Waals surface area contributed by atoms with E-state index in [0.717, 1.165) is 11.6 Å². The number of hydrogen-bond acceptors (Lipinski definition) is 1. The zero-order chi connectivity index (χ0) is 18.2. The van der Waals surface area contributed by atoms with Gasteiger partial charge in [0, 0.05) is 22.2 Å². The molecule has 2 aromatic carbocycles. The number of aromatic amines is 1. The van der Waals surface area contributed by atoms with Gasteiger partial charge in [-0.25, -0.2) is 0 Å². The molecule has 0 aliphatic carbocycles. The van der Waals surface area contributed by atoms with Crippen LogP contribution in [0.4, 0.5) is 18.9 Å². The first-order valence-corrected chi connectivity index (χ1v) is 7.85. The summed E-state index contributed by atoms with van der Waals surface area (Å²) < 4.78 is 38.2. The van der Waals surface area contributed by atoms with E-state index in [4.69, 9.17) is 0 Å². The highest BCUT2D eigenvalue weighted by Gasteiger charge is 2.32. The van der Waals surface area contributed by atoms with Crippen LogP contribution in [0.1, 0.15) is 41.4 Å². The summed E-state index contributed by atoms with van der Waals surface area (Å²) in [6, 6.07) is 12.9. The summed E-state index contributed by atoms with van der Waals surface area (Å²) >= 11 is 0. The van der Waals surface area contributed by atoms with Crippen molar-refractivity contribution in [1.29, 1.82) is 0 Å². The molecule has 0 saturated heterocycles. The number of carbonyl (C=O) groups excluding carboxylic acids is 1. The minimum Gasteiger partial charge on any atom is -0.351 e. The highest BCUT2D eigenvalue weighted by atomic mass is 19.4. The van der Waals surface area contributed by atoms with Gasteiger partial charge in [0.1, 0.15) is 5.69 Å². The largest absolute Gasteiger partial charge is 0.431 e. The van der Waals surface area contributed by atoms with Gasteiger partial charge >= 0.3 is 6.18 Å². The van der Waals surface area contributed by atoms with E-state index in [1.807, 2.05) is 12.1 Å². The van der Waals surface area contributed by atoms with Crippen molar-refractivity contribution in [1.82, 2.24) is 4.98 Å².